The highest BCUT2D eigenvalue weighted by Crippen LogP contribution is 2.38. The van der Waals surface area contributed by atoms with Crippen molar-refractivity contribution in [1.82, 2.24) is 0 Å². The fourth-order valence-corrected chi connectivity index (χ4v) is 2.45. The Morgan fingerprint density at radius 2 is 1.12 bits per heavy atom. The van der Waals surface area contributed by atoms with Crippen molar-refractivity contribution in [2.75, 3.05) is 13.9 Å². The molecule has 3 aromatic carbocycles. The van der Waals surface area contributed by atoms with Crippen molar-refractivity contribution in [1.29, 1.82) is 0 Å². The summed E-state index contributed by atoms with van der Waals surface area (Å²) in [7, 11) is 1.58. The summed E-state index contributed by atoms with van der Waals surface area (Å²) in [4.78, 5) is 0. The SMILES string of the molecule is COCOc1cccc(OCc2ccccc2)c1OCc1ccccc1. The van der Waals surface area contributed by atoms with E-state index in [0.717, 1.165) is 11.1 Å². The van der Waals surface area contributed by atoms with Gasteiger partial charge in [-0.2, -0.15) is 0 Å². The van der Waals surface area contributed by atoms with Gasteiger partial charge in [0.05, 0.1) is 0 Å². The van der Waals surface area contributed by atoms with Gasteiger partial charge in [-0.3, -0.25) is 0 Å². The van der Waals surface area contributed by atoms with Crippen molar-refractivity contribution < 1.29 is 18.9 Å². The Morgan fingerprint density at radius 1 is 0.577 bits per heavy atom. The highest BCUT2D eigenvalue weighted by molar-refractivity contribution is 5.51. The molecule has 3 aromatic rings. The maximum atomic E-state index is 6.03. The lowest BCUT2D eigenvalue weighted by atomic mass is 10.2. The molecule has 0 atom stereocenters. The van der Waals surface area contributed by atoms with E-state index in [1.54, 1.807) is 7.11 Å². The van der Waals surface area contributed by atoms with Crippen LogP contribution in [0.1, 0.15) is 11.1 Å². The van der Waals surface area contributed by atoms with Gasteiger partial charge in [0.2, 0.25) is 5.75 Å². The predicted molar refractivity (Wildman–Crippen MR) is 100 cm³/mol. The Bertz CT molecular complexity index is 788. The van der Waals surface area contributed by atoms with Gasteiger partial charge in [0.1, 0.15) is 13.2 Å². The quantitative estimate of drug-likeness (QED) is 0.518. The summed E-state index contributed by atoms with van der Waals surface area (Å²) in [6, 6.07) is 25.6. The van der Waals surface area contributed by atoms with E-state index in [1.807, 2.05) is 78.9 Å². The van der Waals surface area contributed by atoms with Crippen molar-refractivity contribution in [2.45, 2.75) is 13.2 Å². The van der Waals surface area contributed by atoms with Crippen molar-refractivity contribution in [3.05, 3.63) is 90.0 Å². The summed E-state index contributed by atoms with van der Waals surface area (Å²) in [5, 5.41) is 0. The molecule has 4 heteroatoms. The number of hydrogen-bond donors (Lipinski definition) is 0. The second-order valence-corrected chi connectivity index (χ2v) is 5.68. The molecular formula is C22H22O4. The molecule has 4 nitrogen and oxygen atoms in total. The molecule has 0 aliphatic carbocycles. The molecular weight excluding hydrogens is 328 g/mol. The fourth-order valence-electron chi connectivity index (χ4n) is 2.45. The smallest absolute Gasteiger partial charge is 0.204 e. The third-order valence-corrected chi connectivity index (χ3v) is 3.74. The third kappa shape index (κ3) is 5.01. The van der Waals surface area contributed by atoms with Crippen LogP contribution >= 0.6 is 0 Å². The van der Waals surface area contributed by atoms with Crippen molar-refractivity contribution in [2.24, 2.45) is 0 Å². The van der Waals surface area contributed by atoms with E-state index in [9.17, 15) is 0 Å². The van der Waals surface area contributed by atoms with Crippen LogP contribution in [0.4, 0.5) is 0 Å². The van der Waals surface area contributed by atoms with Crippen molar-refractivity contribution >= 4 is 0 Å². The molecule has 134 valence electrons. The molecule has 0 saturated heterocycles. The minimum absolute atomic E-state index is 0.143. The highest BCUT2D eigenvalue weighted by Gasteiger charge is 2.13. The van der Waals surface area contributed by atoms with Crippen molar-refractivity contribution in [3.63, 3.8) is 0 Å². The summed E-state index contributed by atoms with van der Waals surface area (Å²) in [5.74, 6) is 1.80. The number of rotatable bonds is 9. The zero-order valence-corrected chi connectivity index (χ0v) is 14.8. The van der Waals surface area contributed by atoms with Gasteiger partial charge >= 0.3 is 0 Å². The first-order chi connectivity index (χ1) is 12.9. The summed E-state index contributed by atoms with van der Waals surface area (Å²) in [6.07, 6.45) is 0. The van der Waals surface area contributed by atoms with Crippen LogP contribution in [0.15, 0.2) is 78.9 Å². The van der Waals surface area contributed by atoms with E-state index in [4.69, 9.17) is 18.9 Å². The normalized spacial score (nSPS) is 10.3. The van der Waals surface area contributed by atoms with Gasteiger partial charge in [-0.15, -0.1) is 0 Å². The van der Waals surface area contributed by atoms with Gasteiger partial charge in [0.15, 0.2) is 18.3 Å². The second-order valence-electron chi connectivity index (χ2n) is 5.68. The molecule has 0 amide bonds. The van der Waals surface area contributed by atoms with Gasteiger partial charge in [-0.1, -0.05) is 66.7 Å². The largest absolute Gasteiger partial charge is 0.485 e. The topological polar surface area (TPSA) is 36.9 Å². The van der Waals surface area contributed by atoms with Crippen LogP contribution in [0.2, 0.25) is 0 Å². The number of ether oxygens (including phenoxy) is 4. The molecule has 0 bridgehead atoms. The van der Waals surface area contributed by atoms with Crippen molar-refractivity contribution in [3.8, 4) is 17.2 Å². The van der Waals surface area contributed by atoms with E-state index in [2.05, 4.69) is 0 Å². The van der Waals surface area contributed by atoms with Gasteiger partial charge < -0.3 is 18.9 Å². The first-order valence-electron chi connectivity index (χ1n) is 8.45. The highest BCUT2D eigenvalue weighted by atomic mass is 16.7. The number of benzene rings is 3. The van der Waals surface area contributed by atoms with Crippen LogP contribution in [-0.4, -0.2) is 13.9 Å². The monoisotopic (exact) mass is 350 g/mol. The lowest BCUT2D eigenvalue weighted by molar-refractivity contribution is 0.0479. The molecule has 0 aliphatic rings. The molecule has 0 fully saturated rings. The zero-order chi connectivity index (χ0) is 18.0. The minimum atomic E-state index is 0.143. The summed E-state index contributed by atoms with van der Waals surface area (Å²) in [5.41, 5.74) is 2.16. The van der Waals surface area contributed by atoms with Crippen LogP contribution in [0.25, 0.3) is 0 Å². The van der Waals surface area contributed by atoms with E-state index in [0.29, 0.717) is 30.5 Å². The average molecular weight is 350 g/mol. The molecule has 26 heavy (non-hydrogen) atoms. The Morgan fingerprint density at radius 3 is 1.69 bits per heavy atom. The Kier molecular flexibility index (Phi) is 6.51. The first kappa shape index (κ1) is 17.8. The maximum absolute atomic E-state index is 6.03. The zero-order valence-electron chi connectivity index (χ0n) is 14.8. The Balaban J connectivity index is 1.77. The lowest BCUT2D eigenvalue weighted by Gasteiger charge is -2.17. The summed E-state index contributed by atoms with van der Waals surface area (Å²) in [6.45, 7) is 1.02. The van der Waals surface area contributed by atoms with Gasteiger partial charge in [0.25, 0.3) is 0 Å². The van der Waals surface area contributed by atoms with Crippen LogP contribution in [0, 0.1) is 0 Å². The average Bonchev–Trinajstić information content (AvgIpc) is 2.71. The molecule has 0 radical (unpaired) electrons. The number of methoxy groups -OCH3 is 1. The molecule has 0 saturated carbocycles. The Labute approximate surface area is 153 Å². The minimum Gasteiger partial charge on any atom is -0.485 e. The summed E-state index contributed by atoms with van der Waals surface area (Å²) < 4.78 is 22.7. The molecule has 0 unspecified atom stereocenters. The molecule has 0 aliphatic heterocycles. The van der Waals surface area contributed by atoms with E-state index < -0.39 is 0 Å². The van der Waals surface area contributed by atoms with Crippen LogP contribution in [-0.2, 0) is 18.0 Å². The lowest BCUT2D eigenvalue weighted by Crippen LogP contribution is -2.05. The molecule has 0 aromatic heterocycles. The van der Waals surface area contributed by atoms with Gasteiger partial charge in [-0.25, -0.2) is 0 Å². The maximum Gasteiger partial charge on any atom is 0.204 e. The molecule has 0 heterocycles. The molecule has 3 rings (SSSR count). The second kappa shape index (κ2) is 9.49. The number of hydrogen-bond acceptors (Lipinski definition) is 4. The van der Waals surface area contributed by atoms with Crippen LogP contribution in [0.3, 0.4) is 0 Å². The fraction of sp³-hybridized carbons (Fsp3) is 0.182. The summed E-state index contributed by atoms with van der Waals surface area (Å²) >= 11 is 0. The Hall–Kier alpha value is -2.98. The van der Waals surface area contributed by atoms with E-state index in [-0.39, 0.29) is 6.79 Å². The number of para-hydroxylation sites is 1. The van der Waals surface area contributed by atoms with E-state index in [1.165, 1.54) is 0 Å². The predicted octanol–water partition coefficient (Wildman–Crippen LogP) is 4.83. The van der Waals surface area contributed by atoms with E-state index >= 15 is 0 Å². The van der Waals surface area contributed by atoms with Crippen LogP contribution in [0.5, 0.6) is 17.2 Å². The molecule has 0 N–H and O–H groups in total. The van der Waals surface area contributed by atoms with Gasteiger partial charge in [-0.05, 0) is 23.3 Å². The van der Waals surface area contributed by atoms with Gasteiger partial charge in [0, 0.05) is 7.11 Å². The van der Waals surface area contributed by atoms with Crippen LogP contribution < -0.4 is 14.2 Å². The molecule has 0 spiro atoms. The third-order valence-electron chi connectivity index (χ3n) is 3.74. The standard InChI is InChI=1S/C22H22O4/c1-23-17-26-21-14-8-13-20(24-15-18-9-4-2-5-10-18)22(21)25-16-19-11-6-3-7-12-19/h2-14H,15-17H2,1H3. The first-order valence-corrected chi connectivity index (χ1v) is 8.45.